The van der Waals surface area contributed by atoms with Gasteiger partial charge in [-0.2, -0.15) is 5.10 Å². The molecule has 0 aromatic carbocycles. The quantitative estimate of drug-likeness (QED) is 0.811. The Morgan fingerprint density at radius 2 is 2.05 bits per heavy atom. The highest BCUT2D eigenvalue weighted by atomic mass is 16.5. The largest absolute Gasteiger partial charge is 0.473 e. The van der Waals surface area contributed by atoms with Gasteiger partial charge in [-0.3, -0.25) is 0 Å². The Morgan fingerprint density at radius 3 is 2.70 bits per heavy atom. The highest BCUT2D eigenvalue weighted by Gasteiger charge is 2.25. The predicted octanol–water partition coefficient (Wildman–Crippen LogP) is 3.18. The van der Waals surface area contributed by atoms with E-state index in [4.69, 9.17) is 4.74 Å². The van der Waals surface area contributed by atoms with Crippen LogP contribution < -0.4 is 10.1 Å². The molecule has 0 amide bonds. The summed E-state index contributed by atoms with van der Waals surface area (Å²) < 4.78 is 5.96. The number of nitrogens with one attached hydrogen (secondary N) is 1. The molecule has 0 radical (unpaired) electrons. The van der Waals surface area contributed by atoms with E-state index in [-0.39, 0.29) is 0 Å². The zero-order valence-electron chi connectivity index (χ0n) is 12.9. The zero-order chi connectivity index (χ0) is 14.4. The van der Waals surface area contributed by atoms with Gasteiger partial charge in [0, 0.05) is 12.6 Å². The lowest BCUT2D eigenvalue weighted by molar-refractivity contribution is 0.0954. The molecule has 1 fully saturated rings. The van der Waals surface area contributed by atoms with Gasteiger partial charge in [-0.1, -0.05) is 20.8 Å². The highest BCUT2D eigenvalue weighted by molar-refractivity contribution is 5.11. The first-order chi connectivity index (χ1) is 9.69. The zero-order valence-corrected chi connectivity index (χ0v) is 12.9. The molecule has 112 valence electrons. The molecule has 1 N–H and O–H groups in total. The van der Waals surface area contributed by atoms with Crippen molar-refractivity contribution >= 4 is 0 Å². The summed E-state index contributed by atoms with van der Waals surface area (Å²) >= 11 is 0. The molecule has 20 heavy (non-hydrogen) atoms. The number of aromatic nitrogens is 2. The molecule has 1 saturated carbocycles. The maximum Gasteiger partial charge on any atom is 0.233 e. The lowest BCUT2D eigenvalue weighted by atomic mass is 9.80. The second kappa shape index (κ2) is 7.58. The average molecular weight is 277 g/mol. The fourth-order valence-electron chi connectivity index (χ4n) is 2.67. The fourth-order valence-corrected chi connectivity index (χ4v) is 2.67. The third-order valence-electron chi connectivity index (χ3n) is 4.27. The molecular weight excluding hydrogens is 250 g/mol. The Kier molecular flexibility index (Phi) is 5.77. The maximum atomic E-state index is 5.96. The molecular formula is C16H27N3O. The normalized spacial score (nSPS) is 26.4. The molecule has 0 bridgehead atoms. The third-order valence-corrected chi connectivity index (χ3v) is 4.27. The molecule has 1 aliphatic rings. The van der Waals surface area contributed by atoms with Crippen LogP contribution in [-0.2, 0) is 6.54 Å². The third kappa shape index (κ3) is 4.44. The molecule has 1 heterocycles. The van der Waals surface area contributed by atoms with Crippen LogP contribution in [0.4, 0.5) is 0 Å². The summed E-state index contributed by atoms with van der Waals surface area (Å²) in [5, 5.41) is 11.7. The second-order valence-electron chi connectivity index (χ2n) is 6.05. The van der Waals surface area contributed by atoms with Crippen molar-refractivity contribution in [3.63, 3.8) is 0 Å². The molecule has 2 rings (SSSR count). The van der Waals surface area contributed by atoms with Crippen molar-refractivity contribution in [1.29, 1.82) is 0 Å². The number of ether oxygens (including phenoxy) is 1. The molecule has 0 aliphatic heterocycles. The Balaban J connectivity index is 1.81. The van der Waals surface area contributed by atoms with E-state index < -0.39 is 0 Å². The van der Waals surface area contributed by atoms with Crippen LogP contribution in [-0.4, -0.2) is 22.8 Å². The van der Waals surface area contributed by atoms with Gasteiger partial charge in [0.05, 0.1) is 5.69 Å². The molecule has 0 saturated heterocycles. The standard InChI is InChI=1S/C16H27N3O/c1-4-9-17-11-14-6-8-16(19-18-14)20-15-7-5-12(2)13(3)10-15/h6,8,12-13,15,17H,4-5,7,9-11H2,1-3H3. The highest BCUT2D eigenvalue weighted by Crippen LogP contribution is 2.31. The molecule has 4 nitrogen and oxygen atoms in total. The van der Waals surface area contributed by atoms with E-state index in [1.165, 1.54) is 6.42 Å². The van der Waals surface area contributed by atoms with Gasteiger partial charge in [-0.15, -0.1) is 5.10 Å². The summed E-state index contributed by atoms with van der Waals surface area (Å²) in [5.41, 5.74) is 0.969. The molecule has 1 aromatic heterocycles. The van der Waals surface area contributed by atoms with Gasteiger partial charge in [-0.05, 0) is 50.1 Å². The van der Waals surface area contributed by atoms with Crippen molar-refractivity contribution < 1.29 is 4.74 Å². The van der Waals surface area contributed by atoms with Crippen molar-refractivity contribution in [3.05, 3.63) is 17.8 Å². The van der Waals surface area contributed by atoms with Crippen molar-refractivity contribution in [3.8, 4) is 5.88 Å². The first-order valence-corrected chi connectivity index (χ1v) is 7.89. The van der Waals surface area contributed by atoms with Crippen LogP contribution in [0.2, 0.25) is 0 Å². The van der Waals surface area contributed by atoms with Crippen molar-refractivity contribution in [2.24, 2.45) is 11.8 Å². The van der Waals surface area contributed by atoms with Gasteiger partial charge in [0.2, 0.25) is 5.88 Å². The SMILES string of the molecule is CCCNCc1ccc(OC2CCC(C)C(C)C2)nn1. The summed E-state index contributed by atoms with van der Waals surface area (Å²) in [6, 6.07) is 3.94. The van der Waals surface area contributed by atoms with E-state index >= 15 is 0 Å². The Hall–Kier alpha value is -1.16. The van der Waals surface area contributed by atoms with Gasteiger partial charge >= 0.3 is 0 Å². The van der Waals surface area contributed by atoms with Gasteiger partial charge in [-0.25, -0.2) is 0 Å². The van der Waals surface area contributed by atoms with Crippen molar-refractivity contribution in [2.75, 3.05) is 6.54 Å². The lowest BCUT2D eigenvalue weighted by Gasteiger charge is -2.31. The lowest BCUT2D eigenvalue weighted by Crippen LogP contribution is -2.29. The Morgan fingerprint density at radius 1 is 1.20 bits per heavy atom. The number of rotatable bonds is 6. The molecule has 4 heteroatoms. The summed E-state index contributed by atoms with van der Waals surface area (Å²) in [4.78, 5) is 0. The predicted molar refractivity (Wildman–Crippen MR) is 80.6 cm³/mol. The van der Waals surface area contributed by atoms with Crippen LogP contribution >= 0.6 is 0 Å². The summed E-state index contributed by atoms with van der Waals surface area (Å²) in [6.07, 6.45) is 4.94. The molecule has 3 unspecified atom stereocenters. The average Bonchev–Trinajstić information content (AvgIpc) is 2.45. The number of hydrogen-bond acceptors (Lipinski definition) is 4. The summed E-state index contributed by atoms with van der Waals surface area (Å²) in [5.74, 6) is 2.21. The molecule has 0 spiro atoms. The van der Waals surface area contributed by atoms with Crippen molar-refractivity contribution in [1.82, 2.24) is 15.5 Å². The van der Waals surface area contributed by atoms with E-state index in [2.05, 4.69) is 36.3 Å². The van der Waals surface area contributed by atoms with Crippen LogP contribution in [0, 0.1) is 11.8 Å². The monoisotopic (exact) mass is 277 g/mol. The van der Waals surface area contributed by atoms with Gasteiger partial charge in [0.25, 0.3) is 0 Å². The van der Waals surface area contributed by atoms with E-state index in [0.29, 0.717) is 12.0 Å². The smallest absolute Gasteiger partial charge is 0.233 e. The molecule has 1 aliphatic carbocycles. The minimum atomic E-state index is 0.305. The Labute approximate surface area is 122 Å². The van der Waals surface area contributed by atoms with E-state index in [0.717, 1.165) is 49.9 Å². The van der Waals surface area contributed by atoms with Crippen LogP contribution in [0.25, 0.3) is 0 Å². The minimum absolute atomic E-state index is 0.305. The van der Waals surface area contributed by atoms with Crippen LogP contribution in [0.5, 0.6) is 5.88 Å². The first-order valence-electron chi connectivity index (χ1n) is 7.89. The number of nitrogens with zero attached hydrogens (tertiary/aromatic N) is 2. The van der Waals surface area contributed by atoms with Crippen LogP contribution in [0.1, 0.15) is 52.1 Å². The van der Waals surface area contributed by atoms with Gasteiger partial charge in [0.1, 0.15) is 6.10 Å². The summed E-state index contributed by atoms with van der Waals surface area (Å²) in [7, 11) is 0. The molecule has 3 atom stereocenters. The Bertz CT molecular complexity index is 393. The maximum absolute atomic E-state index is 5.96. The van der Waals surface area contributed by atoms with Gasteiger partial charge < -0.3 is 10.1 Å². The minimum Gasteiger partial charge on any atom is -0.473 e. The van der Waals surface area contributed by atoms with Gasteiger partial charge in [0.15, 0.2) is 0 Å². The number of hydrogen-bond donors (Lipinski definition) is 1. The first kappa shape index (κ1) is 15.2. The summed E-state index contributed by atoms with van der Waals surface area (Å²) in [6.45, 7) is 8.59. The van der Waals surface area contributed by atoms with E-state index in [1.807, 2.05) is 12.1 Å². The molecule has 1 aromatic rings. The fraction of sp³-hybridized carbons (Fsp3) is 0.750. The second-order valence-corrected chi connectivity index (χ2v) is 6.05. The topological polar surface area (TPSA) is 47.0 Å². The van der Waals surface area contributed by atoms with Crippen LogP contribution in [0.15, 0.2) is 12.1 Å². The van der Waals surface area contributed by atoms with E-state index in [9.17, 15) is 0 Å². The van der Waals surface area contributed by atoms with E-state index in [1.54, 1.807) is 0 Å². The van der Waals surface area contributed by atoms with Crippen molar-refractivity contribution in [2.45, 2.75) is 59.1 Å². The van der Waals surface area contributed by atoms with Crippen LogP contribution in [0.3, 0.4) is 0 Å².